The van der Waals surface area contributed by atoms with Gasteiger partial charge in [-0.2, -0.15) is 0 Å². The van der Waals surface area contributed by atoms with Gasteiger partial charge in [0.15, 0.2) is 0 Å². The number of carbonyl (C=O) groups is 1. The molecule has 0 radical (unpaired) electrons. The SMILES string of the molecule is O=C(O)C(Oc1cccc(Br)c1)c1ccccc1. The van der Waals surface area contributed by atoms with Crippen molar-refractivity contribution >= 4 is 21.9 Å². The predicted molar refractivity (Wildman–Crippen MR) is 71.6 cm³/mol. The molecule has 1 unspecified atom stereocenters. The summed E-state index contributed by atoms with van der Waals surface area (Å²) < 4.78 is 6.36. The van der Waals surface area contributed by atoms with Crippen LogP contribution in [0.15, 0.2) is 59.1 Å². The number of rotatable bonds is 4. The molecule has 92 valence electrons. The van der Waals surface area contributed by atoms with Crippen molar-refractivity contribution in [1.82, 2.24) is 0 Å². The highest BCUT2D eigenvalue weighted by molar-refractivity contribution is 9.10. The maximum Gasteiger partial charge on any atom is 0.349 e. The van der Waals surface area contributed by atoms with E-state index in [2.05, 4.69) is 15.9 Å². The molecule has 0 fully saturated rings. The molecule has 4 heteroatoms. The maximum absolute atomic E-state index is 11.3. The Balaban J connectivity index is 2.25. The molecule has 0 saturated carbocycles. The summed E-state index contributed by atoms with van der Waals surface area (Å²) in [7, 11) is 0. The number of carboxylic acids is 1. The molecule has 3 nitrogen and oxygen atoms in total. The van der Waals surface area contributed by atoms with Crippen LogP contribution in [0.4, 0.5) is 0 Å². The molecule has 1 atom stereocenters. The lowest BCUT2D eigenvalue weighted by Crippen LogP contribution is -2.18. The van der Waals surface area contributed by atoms with Crippen LogP contribution >= 0.6 is 15.9 Å². The highest BCUT2D eigenvalue weighted by atomic mass is 79.9. The molecular weight excluding hydrogens is 296 g/mol. The first-order chi connectivity index (χ1) is 8.66. The molecule has 1 N–H and O–H groups in total. The van der Waals surface area contributed by atoms with Crippen LogP contribution in [-0.4, -0.2) is 11.1 Å². The van der Waals surface area contributed by atoms with E-state index >= 15 is 0 Å². The molecule has 2 rings (SSSR count). The van der Waals surface area contributed by atoms with Crippen LogP contribution in [0.25, 0.3) is 0 Å². The summed E-state index contributed by atoms with van der Waals surface area (Å²) in [4.78, 5) is 11.3. The zero-order valence-corrected chi connectivity index (χ0v) is 11.0. The maximum atomic E-state index is 11.3. The minimum absolute atomic E-state index is 0.514. The molecule has 18 heavy (non-hydrogen) atoms. The quantitative estimate of drug-likeness (QED) is 0.938. The summed E-state index contributed by atoms with van der Waals surface area (Å²) in [6.07, 6.45) is -1.000. The number of carboxylic acid groups (broad SMARTS) is 1. The second-order valence-corrected chi connectivity index (χ2v) is 4.62. The van der Waals surface area contributed by atoms with Gasteiger partial charge in [-0.25, -0.2) is 4.79 Å². The summed E-state index contributed by atoms with van der Waals surface area (Å²) >= 11 is 3.32. The van der Waals surface area contributed by atoms with E-state index in [0.717, 1.165) is 4.47 Å². The second-order valence-electron chi connectivity index (χ2n) is 3.70. The van der Waals surface area contributed by atoms with Crippen LogP contribution < -0.4 is 4.74 Å². The zero-order chi connectivity index (χ0) is 13.0. The average Bonchev–Trinajstić information content (AvgIpc) is 2.37. The fourth-order valence-electron chi connectivity index (χ4n) is 1.57. The minimum Gasteiger partial charge on any atom is -0.478 e. The number of benzene rings is 2. The smallest absolute Gasteiger partial charge is 0.349 e. The predicted octanol–water partition coefficient (Wildman–Crippen LogP) is 3.65. The Morgan fingerprint density at radius 2 is 1.83 bits per heavy atom. The van der Waals surface area contributed by atoms with Crippen LogP contribution in [0.5, 0.6) is 5.75 Å². The van der Waals surface area contributed by atoms with Crippen molar-refractivity contribution in [2.75, 3.05) is 0 Å². The lowest BCUT2D eigenvalue weighted by atomic mass is 10.1. The summed E-state index contributed by atoms with van der Waals surface area (Å²) in [6, 6.07) is 16.0. The minimum atomic E-state index is -1.01. The van der Waals surface area contributed by atoms with Crippen LogP contribution in [0.1, 0.15) is 11.7 Å². The van der Waals surface area contributed by atoms with Gasteiger partial charge in [0, 0.05) is 10.0 Å². The van der Waals surface area contributed by atoms with E-state index in [1.54, 1.807) is 42.5 Å². The van der Waals surface area contributed by atoms with Gasteiger partial charge in [0.05, 0.1) is 0 Å². The van der Waals surface area contributed by atoms with Crippen molar-refractivity contribution in [3.63, 3.8) is 0 Å². The summed E-state index contributed by atoms with van der Waals surface area (Å²) in [6.45, 7) is 0. The molecular formula is C14H11BrO3. The number of hydrogen-bond acceptors (Lipinski definition) is 2. The summed E-state index contributed by atoms with van der Waals surface area (Å²) in [5.41, 5.74) is 0.616. The van der Waals surface area contributed by atoms with Crippen molar-refractivity contribution in [3.05, 3.63) is 64.6 Å². The molecule has 0 aromatic heterocycles. The van der Waals surface area contributed by atoms with Gasteiger partial charge in [0.1, 0.15) is 5.75 Å². The molecule has 0 amide bonds. The van der Waals surface area contributed by atoms with Crippen LogP contribution in [0.2, 0.25) is 0 Å². The van der Waals surface area contributed by atoms with Crippen molar-refractivity contribution in [1.29, 1.82) is 0 Å². The Morgan fingerprint density at radius 1 is 1.11 bits per heavy atom. The molecule has 0 heterocycles. The van der Waals surface area contributed by atoms with E-state index in [9.17, 15) is 9.90 Å². The first-order valence-corrected chi connectivity index (χ1v) is 6.16. The number of halogens is 1. The molecule has 2 aromatic rings. The third-order valence-electron chi connectivity index (χ3n) is 2.38. The van der Waals surface area contributed by atoms with E-state index in [-0.39, 0.29) is 0 Å². The van der Waals surface area contributed by atoms with Crippen LogP contribution in [-0.2, 0) is 4.79 Å². The standard InChI is InChI=1S/C14H11BrO3/c15-11-7-4-8-12(9-11)18-13(14(16)17)10-5-2-1-3-6-10/h1-9,13H,(H,16,17). The Bertz CT molecular complexity index is 540. The van der Waals surface area contributed by atoms with Gasteiger partial charge in [-0.3, -0.25) is 0 Å². The van der Waals surface area contributed by atoms with Crippen molar-refractivity contribution < 1.29 is 14.6 Å². The number of ether oxygens (including phenoxy) is 1. The first kappa shape index (κ1) is 12.6. The van der Waals surface area contributed by atoms with E-state index < -0.39 is 12.1 Å². The number of hydrogen-bond donors (Lipinski definition) is 1. The molecule has 0 aliphatic carbocycles. The Labute approximate surface area is 113 Å². The molecule has 0 bridgehead atoms. The van der Waals surface area contributed by atoms with Gasteiger partial charge in [-0.1, -0.05) is 52.3 Å². The molecule has 0 aliphatic rings. The Kier molecular flexibility index (Phi) is 3.99. The monoisotopic (exact) mass is 306 g/mol. The van der Waals surface area contributed by atoms with E-state index in [4.69, 9.17) is 4.74 Å². The summed E-state index contributed by atoms with van der Waals surface area (Å²) in [5, 5.41) is 9.22. The average molecular weight is 307 g/mol. The fraction of sp³-hybridized carbons (Fsp3) is 0.0714. The molecule has 0 spiro atoms. The molecule has 0 saturated heterocycles. The van der Waals surface area contributed by atoms with Gasteiger partial charge in [-0.15, -0.1) is 0 Å². The van der Waals surface area contributed by atoms with Gasteiger partial charge in [0.2, 0.25) is 6.10 Å². The first-order valence-electron chi connectivity index (χ1n) is 5.37. The Morgan fingerprint density at radius 3 is 2.44 bits per heavy atom. The van der Waals surface area contributed by atoms with Crippen LogP contribution in [0, 0.1) is 0 Å². The van der Waals surface area contributed by atoms with E-state index in [0.29, 0.717) is 11.3 Å². The van der Waals surface area contributed by atoms with E-state index in [1.165, 1.54) is 0 Å². The lowest BCUT2D eigenvalue weighted by Gasteiger charge is -2.15. The fourth-order valence-corrected chi connectivity index (χ4v) is 1.94. The number of aliphatic carboxylic acids is 1. The largest absolute Gasteiger partial charge is 0.478 e. The van der Waals surface area contributed by atoms with Gasteiger partial charge in [-0.05, 0) is 18.2 Å². The lowest BCUT2D eigenvalue weighted by molar-refractivity contribution is -0.145. The highest BCUT2D eigenvalue weighted by Crippen LogP contribution is 2.24. The van der Waals surface area contributed by atoms with Gasteiger partial charge in [0.25, 0.3) is 0 Å². The topological polar surface area (TPSA) is 46.5 Å². The van der Waals surface area contributed by atoms with Crippen molar-refractivity contribution in [3.8, 4) is 5.75 Å². The van der Waals surface area contributed by atoms with Crippen molar-refractivity contribution in [2.24, 2.45) is 0 Å². The molecule has 0 aliphatic heterocycles. The Hall–Kier alpha value is -1.81. The summed E-state index contributed by atoms with van der Waals surface area (Å²) in [5.74, 6) is -0.498. The van der Waals surface area contributed by atoms with Crippen molar-refractivity contribution in [2.45, 2.75) is 6.10 Å². The third kappa shape index (κ3) is 3.11. The van der Waals surface area contributed by atoms with Gasteiger partial charge >= 0.3 is 5.97 Å². The van der Waals surface area contributed by atoms with E-state index in [1.807, 2.05) is 12.1 Å². The molecule has 2 aromatic carbocycles. The van der Waals surface area contributed by atoms with Crippen LogP contribution in [0.3, 0.4) is 0 Å². The normalized spacial score (nSPS) is 11.8. The second kappa shape index (κ2) is 5.69. The highest BCUT2D eigenvalue weighted by Gasteiger charge is 2.21. The van der Waals surface area contributed by atoms with Gasteiger partial charge < -0.3 is 9.84 Å². The zero-order valence-electron chi connectivity index (χ0n) is 9.42. The third-order valence-corrected chi connectivity index (χ3v) is 2.87.